The van der Waals surface area contributed by atoms with Crippen LogP contribution in [0.2, 0.25) is 0 Å². The summed E-state index contributed by atoms with van der Waals surface area (Å²) in [6, 6.07) is 2.75. The Kier molecular flexibility index (Phi) is 5.36. The summed E-state index contributed by atoms with van der Waals surface area (Å²) in [6.07, 6.45) is 0.0816. The average Bonchev–Trinajstić information content (AvgIpc) is 2.26. The highest BCUT2D eigenvalue weighted by molar-refractivity contribution is 6.29. The zero-order valence-corrected chi connectivity index (χ0v) is 12.0. The fourth-order valence-corrected chi connectivity index (χ4v) is 2.17. The molecule has 0 unspecified atom stereocenters. The molecule has 0 heterocycles. The highest BCUT2D eigenvalue weighted by Gasteiger charge is 2.22. The molecule has 2 N–H and O–H groups in total. The number of allylic oxidation sites excluding steroid dienone is 2. The standard InChI is InChI=1S/C14H12Cl2O4/c1-7(15)5-9-3-4-10(13(17)18)11(6-8(2)16)12(9)14(19)20/h3-4H,1-2,5-6H2,(H,17,18)(H,19,20). The molecule has 0 radical (unpaired) electrons. The molecule has 0 amide bonds. The topological polar surface area (TPSA) is 74.6 Å². The molecule has 0 saturated heterocycles. The Balaban J connectivity index is 3.59. The van der Waals surface area contributed by atoms with Gasteiger partial charge in [0.25, 0.3) is 0 Å². The van der Waals surface area contributed by atoms with Gasteiger partial charge in [0.15, 0.2) is 0 Å². The van der Waals surface area contributed by atoms with Crippen LogP contribution in [0, 0.1) is 0 Å². The number of carboxylic acid groups (broad SMARTS) is 2. The third-order valence-corrected chi connectivity index (χ3v) is 2.86. The van der Waals surface area contributed by atoms with Crippen LogP contribution < -0.4 is 0 Å². The van der Waals surface area contributed by atoms with E-state index in [0.29, 0.717) is 5.56 Å². The maximum Gasteiger partial charge on any atom is 0.336 e. The summed E-state index contributed by atoms with van der Waals surface area (Å²) in [5.74, 6) is -2.47. The van der Waals surface area contributed by atoms with Crippen molar-refractivity contribution in [2.24, 2.45) is 0 Å². The lowest BCUT2D eigenvalue weighted by Crippen LogP contribution is -2.13. The van der Waals surface area contributed by atoms with E-state index in [9.17, 15) is 14.7 Å². The van der Waals surface area contributed by atoms with E-state index in [1.165, 1.54) is 12.1 Å². The van der Waals surface area contributed by atoms with Crippen LogP contribution in [-0.2, 0) is 12.8 Å². The van der Waals surface area contributed by atoms with Gasteiger partial charge in [-0.2, -0.15) is 0 Å². The van der Waals surface area contributed by atoms with Gasteiger partial charge < -0.3 is 10.2 Å². The van der Waals surface area contributed by atoms with Gasteiger partial charge in [-0.15, -0.1) is 0 Å². The van der Waals surface area contributed by atoms with E-state index >= 15 is 0 Å². The second-order valence-corrected chi connectivity index (χ2v) is 5.19. The van der Waals surface area contributed by atoms with Crippen LogP contribution in [0.25, 0.3) is 0 Å². The van der Waals surface area contributed by atoms with E-state index in [0.717, 1.165) is 0 Å². The van der Waals surface area contributed by atoms with Crippen LogP contribution in [0.4, 0.5) is 0 Å². The number of carboxylic acids is 2. The second-order valence-electron chi connectivity index (χ2n) is 4.12. The number of aromatic carboxylic acids is 2. The predicted octanol–water partition coefficient (Wildman–Crippen LogP) is 3.67. The normalized spacial score (nSPS) is 10.1. The van der Waals surface area contributed by atoms with Crippen LogP contribution in [0.3, 0.4) is 0 Å². The molecule has 4 nitrogen and oxygen atoms in total. The molecule has 1 aromatic carbocycles. The van der Waals surface area contributed by atoms with Crippen molar-refractivity contribution < 1.29 is 19.8 Å². The molecule has 1 rings (SSSR count). The Bertz CT molecular complexity index is 605. The summed E-state index contributed by atoms with van der Waals surface area (Å²) in [5.41, 5.74) is 0.262. The van der Waals surface area contributed by atoms with Crippen LogP contribution in [0.1, 0.15) is 31.8 Å². The average molecular weight is 315 g/mol. The van der Waals surface area contributed by atoms with Gasteiger partial charge in [0.1, 0.15) is 0 Å². The van der Waals surface area contributed by atoms with Crippen molar-refractivity contribution >= 4 is 35.1 Å². The highest BCUT2D eigenvalue weighted by atomic mass is 35.5. The van der Waals surface area contributed by atoms with Gasteiger partial charge >= 0.3 is 11.9 Å². The van der Waals surface area contributed by atoms with Crippen LogP contribution in [0.15, 0.2) is 35.4 Å². The molecule has 0 aliphatic rings. The third-order valence-electron chi connectivity index (χ3n) is 2.59. The number of rotatable bonds is 6. The number of carbonyl (C=O) groups is 2. The van der Waals surface area contributed by atoms with Gasteiger partial charge in [-0.25, -0.2) is 9.59 Å². The van der Waals surface area contributed by atoms with Gasteiger partial charge in [-0.3, -0.25) is 0 Å². The van der Waals surface area contributed by atoms with Gasteiger partial charge in [-0.1, -0.05) is 42.4 Å². The number of hydrogen-bond acceptors (Lipinski definition) is 2. The highest BCUT2D eigenvalue weighted by Crippen LogP contribution is 2.26. The van der Waals surface area contributed by atoms with Crippen molar-refractivity contribution in [1.29, 1.82) is 0 Å². The van der Waals surface area contributed by atoms with E-state index in [4.69, 9.17) is 28.3 Å². The molecular formula is C14H12Cl2O4. The predicted molar refractivity (Wildman–Crippen MR) is 77.8 cm³/mol. The first-order valence-electron chi connectivity index (χ1n) is 5.52. The summed E-state index contributed by atoms with van der Waals surface area (Å²) >= 11 is 11.4. The molecule has 0 saturated carbocycles. The van der Waals surface area contributed by atoms with E-state index in [1.807, 2.05) is 0 Å². The van der Waals surface area contributed by atoms with Crippen molar-refractivity contribution in [3.8, 4) is 0 Å². The van der Waals surface area contributed by atoms with Crippen LogP contribution in [0.5, 0.6) is 0 Å². The lowest BCUT2D eigenvalue weighted by molar-refractivity contribution is 0.0695. The fraction of sp³-hybridized carbons (Fsp3) is 0.143. The maximum atomic E-state index is 11.4. The van der Waals surface area contributed by atoms with E-state index in [-0.39, 0.29) is 39.6 Å². The molecular weight excluding hydrogens is 303 g/mol. The number of halogens is 2. The minimum Gasteiger partial charge on any atom is -0.478 e. The van der Waals surface area contributed by atoms with E-state index in [1.54, 1.807) is 0 Å². The Morgan fingerprint density at radius 2 is 1.55 bits per heavy atom. The van der Waals surface area contributed by atoms with Crippen molar-refractivity contribution in [2.45, 2.75) is 12.8 Å². The molecule has 0 aliphatic carbocycles. The van der Waals surface area contributed by atoms with Crippen molar-refractivity contribution in [3.63, 3.8) is 0 Å². The Morgan fingerprint density at radius 1 is 1.00 bits per heavy atom. The lowest BCUT2D eigenvalue weighted by atomic mass is 9.92. The van der Waals surface area contributed by atoms with Gasteiger partial charge in [0, 0.05) is 22.9 Å². The molecule has 106 valence electrons. The first-order valence-corrected chi connectivity index (χ1v) is 6.27. The van der Waals surface area contributed by atoms with Gasteiger partial charge in [0.05, 0.1) is 11.1 Å². The van der Waals surface area contributed by atoms with Crippen LogP contribution in [-0.4, -0.2) is 22.2 Å². The first kappa shape index (κ1) is 16.3. The van der Waals surface area contributed by atoms with E-state index < -0.39 is 11.9 Å². The van der Waals surface area contributed by atoms with Gasteiger partial charge in [0.2, 0.25) is 0 Å². The molecule has 0 aliphatic heterocycles. The minimum atomic E-state index is -1.24. The fourth-order valence-electron chi connectivity index (χ4n) is 1.89. The smallest absolute Gasteiger partial charge is 0.336 e. The molecule has 6 heteroatoms. The Hall–Kier alpha value is -1.78. The number of benzene rings is 1. The zero-order valence-electron chi connectivity index (χ0n) is 10.4. The summed E-state index contributed by atoms with van der Waals surface area (Å²) in [7, 11) is 0. The van der Waals surface area contributed by atoms with Crippen molar-refractivity contribution in [3.05, 3.63) is 57.6 Å². The number of hydrogen-bond donors (Lipinski definition) is 2. The second kappa shape index (κ2) is 6.59. The molecule has 1 aromatic rings. The molecule has 0 atom stereocenters. The quantitative estimate of drug-likeness (QED) is 0.840. The van der Waals surface area contributed by atoms with Gasteiger partial charge in [-0.05, 0) is 17.2 Å². The molecule has 0 fully saturated rings. The molecule has 0 aromatic heterocycles. The molecule has 0 spiro atoms. The molecule has 20 heavy (non-hydrogen) atoms. The summed E-state index contributed by atoms with van der Waals surface area (Å²) < 4.78 is 0. The monoisotopic (exact) mass is 314 g/mol. The summed E-state index contributed by atoms with van der Waals surface area (Å²) in [6.45, 7) is 6.99. The summed E-state index contributed by atoms with van der Waals surface area (Å²) in [4.78, 5) is 22.6. The Labute approximate surface area is 125 Å². The van der Waals surface area contributed by atoms with E-state index in [2.05, 4.69) is 13.2 Å². The van der Waals surface area contributed by atoms with Crippen LogP contribution >= 0.6 is 23.2 Å². The lowest BCUT2D eigenvalue weighted by Gasteiger charge is -2.14. The zero-order chi connectivity index (χ0) is 15.4. The largest absolute Gasteiger partial charge is 0.478 e. The minimum absolute atomic E-state index is 0.0482. The maximum absolute atomic E-state index is 11.4. The third kappa shape index (κ3) is 3.85. The summed E-state index contributed by atoms with van der Waals surface area (Å²) in [5, 5.41) is 18.9. The Morgan fingerprint density at radius 3 is 1.95 bits per heavy atom. The van der Waals surface area contributed by atoms with Crippen molar-refractivity contribution in [1.82, 2.24) is 0 Å². The first-order chi connectivity index (χ1) is 9.23. The van der Waals surface area contributed by atoms with Crippen molar-refractivity contribution in [2.75, 3.05) is 0 Å². The molecule has 0 bridgehead atoms. The SMILES string of the molecule is C=C(Cl)Cc1ccc(C(=O)O)c(CC(=C)Cl)c1C(=O)O.